The number of halogens is 2. The maximum absolute atomic E-state index is 13.2. The quantitative estimate of drug-likeness (QED) is 0.824. The Bertz CT molecular complexity index is 615. The van der Waals surface area contributed by atoms with Gasteiger partial charge < -0.3 is 5.73 Å². The number of hydrogen-bond acceptors (Lipinski definition) is 2. The SMILES string of the molecule is NC(c1ccc(F)cc1I)C1CCc2cccnc21. The van der Waals surface area contributed by atoms with Gasteiger partial charge in [0.15, 0.2) is 0 Å². The third-order valence-electron chi connectivity index (χ3n) is 3.76. The number of hydrogen-bond donors (Lipinski definition) is 1. The lowest BCUT2D eigenvalue weighted by Gasteiger charge is -2.21. The second kappa shape index (κ2) is 5.17. The topological polar surface area (TPSA) is 38.9 Å². The first-order valence-corrected chi connectivity index (χ1v) is 7.39. The number of rotatable bonds is 2. The van der Waals surface area contributed by atoms with Gasteiger partial charge in [-0.1, -0.05) is 12.1 Å². The highest BCUT2D eigenvalue weighted by molar-refractivity contribution is 14.1. The summed E-state index contributed by atoms with van der Waals surface area (Å²) >= 11 is 2.15. The van der Waals surface area contributed by atoms with Crippen LogP contribution in [0.15, 0.2) is 36.5 Å². The van der Waals surface area contributed by atoms with E-state index in [1.165, 1.54) is 17.7 Å². The second-order valence-electron chi connectivity index (χ2n) is 4.88. The Morgan fingerprint density at radius 2 is 2.21 bits per heavy atom. The van der Waals surface area contributed by atoms with Crippen molar-refractivity contribution in [1.82, 2.24) is 4.98 Å². The number of aryl methyl sites for hydroxylation is 1. The molecule has 4 heteroatoms. The van der Waals surface area contributed by atoms with E-state index in [2.05, 4.69) is 33.6 Å². The van der Waals surface area contributed by atoms with E-state index >= 15 is 0 Å². The van der Waals surface area contributed by atoms with E-state index in [-0.39, 0.29) is 17.8 Å². The van der Waals surface area contributed by atoms with E-state index < -0.39 is 0 Å². The lowest BCUT2D eigenvalue weighted by Crippen LogP contribution is -2.20. The van der Waals surface area contributed by atoms with Crippen LogP contribution in [0.3, 0.4) is 0 Å². The lowest BCUT2D eigenvalue weighted by molar-refractivity contribution is 0.537. The zero-order valence-corrected chi connectivity index (χ0v) is 12.5. The van der Waals surface area contributed by atoms with Crippen LogP contribution < -0.4 is 5.73 Å². The van der Waals surface area contributed by atoms with Gasteiger partial charge in [0.25, 0.3) is 0 Å². The molecule has 1 aromatic heterocycles. The largest absolute Gasteiger partial charge is 0.323 e. The van der Waals surface area contributed by atoms with Crippen LogP contribution in [0.2, 0.25) is 0 Å². The van der Waals surface area contributed by atoms with E-state index in [1.54, 1.807) is 6.07 Å². The van der Waals surface area contributed by atoms with Crippen molar-refractivity contribution in [2.24, 2.45) is 5.73 Å². The highest BCUT2D eigenvalue weighted by Gasteiger charge is 2.30. The summed E-state index contributed by atoms with van der Waals surface area (Å²) in [6.45, 7) is 0. The Morgan fingerprint density at radius 1 is 1.37 bits per heavy atom. The molecule has 1 aliphatic carbocycles. The lowest BCUT2D eigenvalue weighted by atomic mass is 9.91. The fraction of sp³-hybridized carbons (Fsp3) is 0.267. The van der Waals surface area contributed by atoms with Crippen LogP contribution in [0.1, 0.15) is 35.2 Å². The third kappa shape index (κ3) is 2.39. The van der Waals surface area contributed by atoms with Crippen LogP contribution in [0.25, 0.3) is 0 Å². The van der Waals surface area contributed by atoms with Gasteiger partial charge in [-0.15, -0.1) is 0 Å². The smallest absolute Gasteiger partial charge is 0.124 e. The summed E-state index contributed by atoms with van der Waals surface area (Å²) in [6.07, 6.45) is 3.86. The van der Waals surface area contributed by atoms with Crippen LogP contribution in [0, 0.1) is 9.39 Å². The summed E-state index contributed by atoms with van der Waals surface area (Å²) in [5.74, 6) is 0.0143. The van der Waals surface area contributed by atoms with Gasteiger partial charge in [-0.3, -0.25) is 4.98 Å². The van der Waals surface area contributed by atoms with Crippen molar-refractivity contribution in [1.29, 1.82) is 0 Å². The van der Waals surface area contributed by atoms with E-state index in [0.717, 1.165) is 27.7 Å². The summed E-state index contributed by atoms with van der Waals surface area (Å²) in [7, 11) is 0. The molecule has 0 saturated heterocycles. The fourth-order valence-electron chi connectivity index (χ4n) is 2.78. The number of aromatic nitrogens is 1. The molecule has 0 fully saturated rings. The minimum Gasteiger partial charge on any atom is -0.323 e. The molecule has 0 bridgehead atoms. The molecular formula is C15H14FIN2. The van der Waals surface area contributed by atoms with Crippen molar-refractivity contribution in [3.05, 3.63) is 62.7 Å². The van der Waals surface area contributed by atoms with E-state index in [9.17, 15) is 4.39 Å². The molecule has 1 aromatic carbocycles. The Morgan fingerprint density at radius 3 is 3.00 bits per heavy atom. The Hall–Kier alpha value is -1.01. The van der Waals surface area contributed by atoms with Gasteiger partial charge in [-0.25, -0.2) is 4.39 Å². The molecule has 2 aromatic rings. The highest BCUT2D eigenvalue weighted by atomic mass is 127. The zero-order chi connectivity index (χ0) is 13.4. The molecule has 0 saturated carbocycles. The fourth-order valence-corrected chi connectivity index (χ4v) is 3.62. The molecule has 2 N–H and O–H groups in total. The minimum atomic E-state index is -0.217. The Kier molecular flexibility index (Phi) is 3.54. The van der Waals surface area contributed by atoms with Crippen LogP contribution in [0.4, 0.5) is 4.39 Å². The molecule has 0 radical (unpaired) electrons. The molecule has 0 aliphatic heterocycles. The predicted molar refractivity (Wildman–Crippen MR) is 81.3 cm³/mol. The van der Waals surface area contributed by atoms with Crippen molar-refractivity contribution >= 4 is 22.6 Å². The summed E-state index contributed by atoms with van der Waals surface area (Å²) in [6, 6.07) is 8.76. The monoisotopic (exact) mass is 368 g/mol. The van der Waals surface area contributed by atoms with Gasteiger partial charge in [0.2, 0.25) is 0 Å². The van der Waals surface area contributed by atoms with Crippen LogP contribution in [-0.4, -0.2) is 4.98 Å². The first kappa shape index (κ1) is 13.0. The van der Waals surface area contributed by atoms with Crippen LogP contribution in [-0.2, 0) is 6.42 Å². The van der Waals surface area contributed by atoms with Crippen LogP contribution >= 0.6 is 22.6 Å². The number of nitrogens with zero attached hydrogens (tertiary/aromatic N) is 1. The predicted octanol–water partition coefficient (Wildman–Crippen LogP) is 3.56. The van der Waals surface area contributed by atoms with Crippen molar-refractivity contribution < 1.29 is 4.39 Å². The normalized spacial score (nSPS) is 19.2. The Balaban J connectivity index is 1.95. The molecule has 0 spiro atoms. The number of nitrogens with two attached hydrogens (primary N) is 1. The van der Waals surface area contributed by atoms with Crippen molar-refractivity contribution in [2.75, 3.05) is 0 Å². The molecule has 19 heavy (non-hydrogen) atoms. The second-order valence-corrected chi connectivity index (χ2v) is 6.05. The molecule has 2 unspecified atom stereocenters. The highest BCUT2D eigenvalue weighted by Crippen LogP contribution is 2.40. The molecule has 1 aliphatic rings. The summed E-state index contributed by atoms with van der Waals surface area (Å²) < 4.78 is 14.1. The minimum absolute atomic E-state index is 0.122. The van der Waals surface area contributed by atoms with Gasteiger partial charge in [0, 0.05) is 27.4 Å². The van der Waals surface area contributed by atoms with Gasteiger partial charge in [-0.05, 0) is 64.8 Å². The Labute approximate surface area is 125 Å². The maximum atomic E-state index is 13.2. The van der Waals surface area contributed by atoms with Gasteiger partial charge in [-0.2, -0.15) is 0 Å². The summed E-state index contributed by atoms with van der Waals surface area (Å²) in [5, 5.41) is 0. The van der Waals surface area contributed by atoms with Crippen molar-refractivity contribution in [3.63, 3.8) is 0 Å². The standard InChI is InChI=1S/C15H14FIN2/c16-10-4-6-11(13(17)8-10)14(18)12-5-3-9-2-1-7-19-15(9)12/h1-2,4,6-8,12,14H,3,5,18H2. The summed E-state index contributed by atoms with van der Waals surface area (Å²) in [4.78, 5) is 4.48. The first-order valence-electron chi connectivity index (χ1n) is 6.31. The average molecular weight is 368 g/mol. The van der Waals surface area contributed by atoms with Gasteiger partial charge >= 0.3 is 0 Å². The van der Waals surface area contributed by atoms with Gasteiger partial charge in [0.1, 0.15) is 5.82 Å². The molecule has 1 heterocycles. The number of fused-ring (bicyclic) bond motifs is 1. The molecule has 0 amide bonds. The average Bonchev–Trinajstić information content (AvgIpc) is 2.82. The van der Waals surface area contributed by atoms with Crippen molar-refractivity contribution in [3.8, 4) is 0 Å². The van der Waals surface area contributed by atoms with Gasteiger partial charge in [0.05, 0.1) is 0 Å². The van der Waals surface area contributed by atoms with E-state index in [4.69, 9.17) is 5.73 Å². The van der Waals surface area contributed by atoms with Crippen LogP contribution in [0.5, 0.6) is 0 Å². The first-order chi connectivity index (χ1) is 9.16. The zero-order valence-electron chi connectivity index (χ0n) is 10.3. The molecule has 3 rings (SSSR count). The summed E-state index contributed by atoms with van der Waals surface area (Å²) in [5.41, 5.74) is 9.80. The molecule has 2 atom stereocenters. The number of pyridine rings is 1. The number of benzene rings is 1. The van der Waals surface area contributed by atoms with E-state index in [0.29, 0.717) is 0 Å². The van der Waals surface area contributed by atoms with E-state index in [1.807, 2.05) is 12.3 Å². The maximum Gasteiger partial charge on any atom is 0.124 e. The molecule has 2 nitrogen and oxygen atoms in total. The van der Waals surface area contributed by atoms with Crippen molar-refractivity contribution in [2.45, 2.75) is 24.8 Å². The third-order valence-corrected chi connectivity index (χ3v) is 4.69. The molecular weight excluding hydrogens is 354 g/mol. The molecule has 98 valence electrons.